The highest BCUT2D eigenvalue weighted by Gasteiger charge is 2.18. The summed E-state index contributed by atoms with van der Waals surface area (Å²) in [5.41, 5.74) is 1.24. The Bertz CT molecular complexity index is 775. The second-order valence-electron chi connectivity index (χ2n) is 5.14. The van der Waals surface area contributed by atoms with Gasteiger partial charge in [-0.15, -0.1) is 0 Å². The quantitative estimate of drug-likeness (QED) is 0.641. The molecule has 0 aliphatic rings. The Hall–Kier alpha value is -2.55. The lowest BCUT2D eigenvalue weighted by atomic mass is 10.2. The van der Waals surface area contributed by atoms with Gasteiger partial charge >= 0.3 is 0 Å². The Balaban J connectivity index is 2.02. The molecule has 2 amide bonds. The van der Waals surface area contributed by atoms with Crippen LogP contribution in [0.1, 0.15) is 16.1 Å². The minimum absolute atomic E-state index is 0.00520. The van der Waals surface area contributed by atoms with Crippen molar-refractivity contribution in [2.45, 2.75) is 13.1 Å². The summed E-state index contributed by atoms with van der Waals surface area (Å²) in [5.74, 6) is 0.612. The number of imidazole rings is 1. The zero-order valence-electron chi connectivity index (χ0n) is 14.2. The molecule has 0 aliphatic heterocycles. The summed E-state index contributed by atoms with van der Waals surface area (Å²) in [5, 5.41) is 8.20. The molecule has 0 bridgehead atoms. The van der Waals surface area contributed by atoms with Crippen LogP contribution in [-0.2, 0) is 17.9 Å². The van der Waals surface area contributed by atoms with Gasteiger partial charge in [0.2, 0.25) is 5.91 Å². The van der Waals surface area contributed by atoms with Crippen LogP contribution < -0.4 is 20.7 Å². The van der Waals surface area contributed by atoms with Crippen molar-refractivity contribution in [2.24, 2.45) is 0 Å². The SMILES string of the molecule is CNC(=O)c1c(NC)ncn1CC(=O)NCc1ccc(OC)c(Br)c1. The molecule has 25 heavy (non-hydrogen) atoms. The van der Waals surface area contributed by atoms with E-state index in [4.69, 9.17) is 4.74 Å². The number of amides is 2. The maximum atomic E-state index is 12.2. The third-order valence-corrected chi connectivity index (χ3v) is 4.16. The smallest absolute Gasteiger partial charge is 0.271 e. The fourth-order valence-electron chi connectivity index (χ4n) is 2.27. The van der Waals surface area contributed by atoms with E-state index >= 15 is 0 Å². The number of hydrogen-bond donors (Lipinski definition) is 3. The summed E-state index contributed by atoms with van der Waals surface area (Å²) in [6.07, 6.45) is 1.46. The molecule has 2 aromatic rings. The summed E-state index contributed by atoms with van der Waals surface area (Å²) in [4.78, 5) is 28.3. The number of aromatic nitrogens is 2. The van der Waals surface area contributed by atoms with Gasteiger partial charge < -0.3 is 25.3 Å². The van der Waals surface area contributed by atoms with E-state index in [1.807, 2.05) is 18.2 Å². The zero-order valence-corrected chi connectivity index (χ0v) is 15.8. The molecule has 1 heterocycles. The number of hydrogen-bond acceptors (Lipinski definition) is 5. The normalized spacial score (nSPS) is 10.2. The highest BCUT2D eigenvalue weighted by molar-refractivity contribution is 9.10. The highest BCUT2D eigenvalue weighted by Crippen LogP contribution is 2.25. The van der Waals surface area contributed by atoms with Crippen LogP contribution in [0.15, 0.2) is 29.0 Å². The Morgan fingerprint density at radius 1 is 1.32 bits per heavy atom. The van der Waals surface area contributed by atoms with Crippen molar-refractivity contribution in [3.8, 4) is 5.75 Å². The lowest BCUT2D eigenvalue weighted by Crippen LogP contribution is -2.30. The fraction of sp³-hybridized carbons (Fsp3) is 0.312. The lowest BCUT2D eigenvalue weighted by molar-refractivity contribution is -0.121. The Morgan fingerprint density at radius 3 is 2.68 bits per heavy atom. The molecule has 0 spiro atoms. The average molecular weight is 410 g/mol. The van der Waals surface area contributed by atoms with Crippen LogP contribution in [0.2, 0.25) is 0 Å². The van der Waals surface area contributed by atoms with Crippen molar-refractivity contribution in [2.75, 3.05) is 26.5 Å². The van der Waals surface area contributed by atoms with E-state index in [2.05, 4.69) is 36.9 Å². The van der Waals surface area contributed by atoms with E-state index in [9.17, 15) is 9.59 Å². The molecule has 1 aromatic carbocycles. The van der Waals surface area contributed by atoms with Crippen LogP contribution in [0.3, 0.4) is 0 Å². The van der Waals surface area contributed by atoms with Crippen LogP contribution in [0, 0.1) is 0 Å². The van der Waals surface area contributed by atoms with E-state index in [-0.39, 0.29) is 18.4 Å². The molecule has 0 fully saturated rings. The van der Waals surface area contributed by atoms with E-state index in [1.165, 1.54) is 17.9 Å². The minimum Gasteiger partial charge on any atom is -0.496 e. The Kier molecular flexibility index (Phi) is 6.40. The molecule has 8 nitrogen and oxygen atoms in total. The number of halogens is 1. The minimum atomic E-state index is -0.311. The Labute approximate surface area is 154 Å². The maximum Gasteiger partial charge on any atom is 0.271 e. The van der Waals surface area contributed by atoms with Crippen LogP contribution in [0.4, 0.5) is 5.82 Å². The van der Waals surface area contributed by atoms with Crippen molar-refractivity contribution in [3.63, 3.8) is 0 Å². The molecule has 1 aromatic heterocycles. The second-order valence-corrected chi connectivity index (χ2v) is 6.00. The second kappa shape index (κ2) is 8.52. The zero-order chi connectivity index (χ0) is 18.4. The lowest BCUT2D eigenvalue weighted by Gasteiger charge is -2.10. The number of anilines is 1. The molecule has 0 atom stereocenters. The molecule has 9 heteroatoms. The number of carbonyl (C=O) groups is 2. The molecule has 0 saturated carbocycles. The standard InChI is InChI=1S/C16H20BrN5O3/c1-18-15-14(16(24)19-2)22(9-21-15)8-13(23)20-7-10-4-5-12(25-3)11(17)6-10/h4-6,9,18H,7-8H2,1-3H3,(H,19,24)(H,20,23). The van der Waals surface area contributed by atoms with Gasteiger partial charge in [0.15, 0.2) is 11.5 Å². The molecular weight excluding hydrogens is 390 g/mol. The van der Waals surface area contributed by atoms with Gasteiger partial charge in [-0.1, -0.05) is 6.07 Å². The molecule has 0 unspecified atom stereocenters. The first kappa shape index (κ1) is 18.8. The van der Waals surface area contributed by atoms with Gasteiger partial charge in [0.25, 0.3) is 5.91 Å². The van der Waals surface area contributed by atoms with Gasteiger partial charge in [-0.05, 0) is 33.6 Å². The van der Waals surface area contributed by atoms with E-state index in [0.29, 0.717) is 18.1 Å². The number of nitrogens with zero attached hydrogens (tertiary/aromatic N) is 2. The first-order chi connectivity index (χ1) is 12.0. The third kappa shape index (κ3) is 4.50. The van der Waals surface area contributed by atoms with E-state index in [1.54, 1.807) is 14.2 Å². The van der Waals surface area contributed by atoms with Crippen LogP contribution in [0.25, 0.3) is 0 Å². The summed E-state index contributed by atoms with van der Waals surface area (Å²) in [6, 6.07) is 5.58. The molecule has 134 valence electrons. The van der Waals surface area contributed by atoms with Crippen molar-refractivity contribution >= 4 is 33.6 Å². The molecule has 3 N–H and O–H groups in total. The largest absolute Gasteiger partial charge is 0.496 e. The third-order valence-electron chi connectivity index (χ3n) is 3.54. The number of benzene rings is 1. The van der Waals surface area contributed by atoms with Crippen molar-refractivity contribution in [1.29, 1.82) is 0 Å². The topological polar surface area (TPSA) is 97.3 Å². The number of methoxy groups -OCH3 is 1. The first-order valence-corrected chi connectivity index (χ1v) is 8.33. The van der Waals surface area contributed by atoms with E-state index in [0.717, 1.165) is 15.8 Å². The summed E-state index contributed by atoms with van der Waals surface area (Å²) in [6.45, 7) is 0.360. The van der Waals surface area contributed by atoms with Crippen molar-refractivity contribution in [1.82, 2.24) is 20.2 Å². The Morgan fingerprint density at radius 2 is 2.08 bits per heavy atom. The maximum absolute atomic E-state index is 12.2. The molecule has 0 aliphatic carbocycles. The highest BCUT2D eigenvalue weighted by atomic mass is 79.9. The predicted octanol–water partition coefficient (Wildman–Crippen LogP) is 1.37. The predicted molar refractivity (Wildman–Crippen MR) is 97.7 cm³/mol. The van der Waals surface area contributed by atoms with Gasteiger partial charge in [0.05, 0.1) is 17.9 Å². The fourth-order valence-corrected chi connectivity index (χ4v) is 2.86. The van der Waals surface area contributed by atoms with Gasteiger partial charge in [0.1, 0.15) is 12.3 Å². The van der Waals surface area contributed by atoms with Crippen LogP contribution in [-0.4, -0.2) is 42.6 Å². The molecular formula is C16H20BrN5O3. The van der Waals surface area contributed by atoms with Crippen LogP contribution in [0.5, 0.6) is 5.75 Å². The molecule has 0 saturated heterocycles. The van der Waals surface area contributed by atoms with Gasteiger partial charge in [-0.25, -0.2) is 4.98 Å². The molecule has 0 radical (unpaired) electrons. The summed E-state index contributed by atoms with van der Waals surface area (Å²) >= 11 is 3.41. The number of carbonyl (C=O) groups excluding carboxylic acids is 2. The summed E-state index contributed by atoms with van der Waals surface area (Å²) < 4.78 is 7.50. The van der Waals surface area contributed by atoms with Crippen molar-refractivity contribution in [3.05, 3.63) is 40.3 Å². The number of rotatable bonds is 7. The monoisotopic (exact) mass is 409 g/mol. The van der Waals surface area contributed by atoms with Gasteiger partial charge in [-0.3, -0.25) is 9.59 Å². The van der Waals surface area contributed by atoms with Crippen LogP contribution >= 0.6 is 15.9 Å². The number of nitrogens with one attached hydrogen (secondary N) is 3. The van der Waals surface area contributed by atoms with Gasteiger partial charge in [-0.2, -0.15) is 0 Å². The van der Waals surface area contributed by atoms with E-state index < -0.39 is 0 Å². The first-order valence-electron chi connectivity index (χ1n) is 7.54. The number of ether oxygens (including phenoxy) is 1. The van der Waals surface area contributed by atoms with Gasteiger partial charge in [0, 0.05) is 20.6 Å². The average Bonchev–Trinajstić information content (AvgIpc) is 3.02. The summed E-state index contributed by atoms with van der Waals surface area (Å²) in [7, 11) is 4.79. The van der Waals surface area contributed by atoms with Crippen molar-refractivity contribution < 1.29 is 14.3 Å². The molecule has 2 rings (SSSR count).